The van der Waals surface area contributed by atoms with Gasteiger partial charge in [0.2, 0.25) is 5.91 Å². The topological polar surface area (TPSA) is 87.5 Å². The van der Waals surface area contributed by atoms with Crippen LogP contribution in [0.1, 0.15) is 38.3 Å². The molecule has 0 saturated carbocycles. The fourth-order valence-electron chi connectivity index (χ4n) is 3.47. The van der Waals surface area contributed by atoms with E-state index < -0.39 is 10.0 Å². The lowest BCUT2D eigenvalue weighted by molar-refractivity contribution is -0.126. The maximum absolute atomic E-state index is 12.8. The summed E-state index contributed by atoms with van der Waals surface area (Å²) in [7, 11) is 0.346. The summed E-state index contributed by atoms with van der Waals surface area (Å²) < 4.78 is 28.9. The van der Waals surface area contributed by atoms with Crippen molar-refractivity contribution < 1.29 is 13.2 Å². The standard InChI is InChI=1S/C21H31N5O3S/c1-16(2)25-14-20(23-15-25)30(28,29)26-11-9-18(10-12-26)21(27)22-13-17-5-7-19(8-6-17)24(3)4/h5-8,14-16,18H,9-13H2,1-4H3,(H,22,27). The Balaban J connectivity index is 1.52. The largest absolute Gasteiger partial charge is 0.378 e. The number of benzene rings is 1. The van der Waals surface area contributed by atoms with Crippen LogP contribution in [0, 0.1) is 5.92 Å². The number of nitrogens with one attached hydrogen (secondary N) is 1. The number of nitrogens with zero attached hydrogens (tertiary/aromatic N) is 4. The smallest absolute Gasteiger partial charge is 0.262 e. The van der Waals surface area contributed by atoms with E-state index in [9.17, 15) is 13.2 Å². The lowest BCUT2D eigenvalue weighted by Crippen LogP contribution is -2.43. The maximum atomic E-state index is 12.8. The molecule has 1 aliphatic heterocycles. The van der Waals surface area contributed by atoms with Gasteiger partial charge >= 0.3 is 0 Å². The molecule has 0 aliphatic carbocycles. The molecule has 1 amide bonds. The van der Waals surface area contributed by atoms with Gasteiger partial charge in [0.05, 0.1) is 6.33 Å². The van der Waals surface area contributed by atoms with Gasteiger partial charge in [0, 0.05) is 57.6 Å². The molecule has 1 aromatic carbocycles. The quantitative estimate of drug-likeness (QED) is 0.724. The van der Waals surface area contributed by atoms with Crippen LogP contribution in [-0.2, 0) is 21.4 Å². The summed E-state index contributed by atoms with van der Waals surface area (Å²) in [6.07, 6.45) is 4.13. The van der Waals surface area contributed by atoms with Crippen LogP contribution in [0.15, 0.2) is 41.8 Å². The van der Waals surface area contributed by atoms with Gasteiger partial charge in [0.1, 0.15) is 0 Å². The molecule has 0 radical (unpaired) electrons. The number of anilines is 1. The summed E-state index contributed by atoms with van der Waals surface area (Å²) in [5.74, 6) is -0.196. The predicted molar refractivity (Wildman–Crippen MR) is 117 cm³/mol. The van der Waals surface area contributed by atoms with E-state index in [1.165, 1.54) is 4.31 Å². The fraction of sp³-hybridized carbons (Fsp3) is 0.524. The number of hydrogen-bond donors (Lipinski definition) is 1. The Labute approximate surface area is 178 Å². The molecular formula is C21H31N5O3S. The highest BCUT2D eigenvalue weighted by atomic mass is 32.2. The van der Waals surface area contributed by atoms with Crippen LogP contribution in [0.4, 0.5) is 5.69 Å². The summed E-state index contributed by atoms with van der Waals surface area (Å²) >= 11 is 0. The first-order valence-electron chi connectivity index (χ1n) is 10.3. The van der Waals surface area contributed by atoms with E-state index in [1.54, 1.807) is 17.1 Å². The first-order chi connectivity index (χ1) is 14.2. The molecule has 1 fully saturated rings. The van der Waals surface area contributed by atoms with Crippen molar-refractivity contribution in [2.45, 2.75) is 44.3 Å². The van der Waals surface area contributed by atoms with Crippen molar-refractivity contribution in [3.05, 3.63) is 42.4 Å². The van der Waals surface area contributed by atoms with Gasteiger partial charge in [-0.25, -0.2) is 13.4 Å². The third kappa shape index (κ3) is 5.02. The van der Waals surface area contributed by atoms with Gasteiger partial charge in [-0.05, 0) is 44.4 Å². The van der Waals surface area contributed by atoms with Crippen LogP contribution in [0.5, 0.6) is 0 Å². The number of amides is 1. The van der Waals surface area contributed by atoms with E-state index in [-0.39, 0.29) is 22.9 Å². The first kappa shape index (κ1) is 22.3. The van der Waals surface area contributed by atoms with E-state index >= 15 is 0 Å². The molecule has 164 valence electrons. The number of carbonyl (C=O) groups excluding carboxylic acids is 1. The van der Waals surface area contributed by atoms with Gasteiger partial charge in [0.25, 0.3) is 10.0 Å². The molecule has 9 heteroatoms. The average molecular weight is 434 g/mol. The normalized spacial score (nSPS) is 16.0. The van der Waals surface area contributed by atoms with Gasteiger partial charge in [-0.15, -0.1) is 0 Å². The number of sulfonamides is 1. The minimum atomic E-state index is -3.62. The molecule has 2 heterocycles. The molecule has 8 nitrogen and oxygen atoms in total. The van der Waals surface area contributed by atoms with Gasteiger partial charge in [-0.2, -0.15) is 4.31 Å². The molecule has 3 rings (SSSR count). The zero-order chi connectivity index (χ0) is 21.9. The number of hydrogen-bond acceptors (Lipinski definition) is 5. The summed E-state index contributed by atoms with van der Waals surface area (Å²) in [4.78, 5) is 18.6. The number of piperidine rings is 1. The molecule has 0 atom stereocenters. The fourth-order valence-corrected chi connectivity index (χ4v) is 4.86. The Morgan fingerprint density at radius 2 is 1.83 bits per heavy atom. The minimum absolute atomic E-state index is 0.0205. The molecule has 1 saturated heterocycles. The molecule has 0 unspecified atom stereocenters. The average Bonchev–Trinajstić information content (AvgIpc) is 3.24. The Bertz CT molecular complexity index is 959. The summed E-state index contributed by atoms with van der Waals surface area (Å²) in [5, 5.41) is 3.05. The lowest BCUT2D eigenvalue weighted by Gasteiger charge is -2.30. The van der Waals surface area contributed by atoms with E-state index in [2.05, 4.69) is 10.3 Å². The highest BCUT2D eigenvalue weighted by Crippen LogP contribution is 2.24. The SMILES string of the molecule is CC(C)n1cnc(S(=O)(=O)N2CCC(C(=O)NCc3ccc(N(C)C)cc3)CC2)c1. The van der Waals surface area contributed by atoms with Crippen LogP contribution in [-0.4, -0.2) is 55.4 Å². The van der Waals surface area contributed by atoms with Crippen LogP contribution in [0.25, 0.3) is 0 Å². The van der Waals surface area contributed by atoms with Crippen LogP contribution in [0.3, 0.4) is 0 Å². The molecule has 2 aromatic rings. The Hall–Kier alpha value is -2.39. The van der Waals surface area contributed by atoms with Crippen molar-refractivity contribution in [2.24, 2.45) is 5.92 Å². The summed E-state index contributed by atoms with van der Waals surface area (Å²) in [5.41, 5.74) is 2.14. The maximum Gasteiger partial charge on any atom is 0.262 e. The lowest BCUT2D eigenvalue weighted by atomic mass is 9.97. The summed E-state index contributed by atoms with van der Waals surface area (Å²) in [6, 6.07) is 8.19. The monoisotopic (exact) mass is 433 g/mol. The second-order valence-electron chi connectivity index (χ2n) is 8.21. The Morgan fingerprint density at radius 1 is 1.20 bits per heavy atom. The van der Waals surface area contributed by atoms with Crippen molar-refractivity contribution in [3.8, 4) is 0 Å². The molecule has 30 heavy (non-hydrogen) atoms. The van der Waals surface area contributed by atoms with Crippen molar-refractivity contribution in [1.29, 1.82) is 0 Å². The summed E-state index contributed by atoms with van der Waals surface area (Å²) in [6.45, 7) is 5.06. The second-order valence-corrected chi connectivity index (χ2v) is 10.1. The minimum Gasteiger partial charge on any atom is -0.378 e. The van der Waals surface area contributed by atoms with E-state index in [1.807, 2.05) is 57.1 Å². The zero-order valence-electron chi connectivity index (χ0n) is 18.1. The molecule has 1 aromatic heterocycles. The van der Waals surface area contributed by atoms with Crippen molar-refractivity contribution in [1.82, 2.24) is 19.2 Å². The van der Waals surface area contributed by atoms with Gasteiger partial charge in [-0.3, -0.25) is 4.79 Å². The number of aromatic nitrogens is 2. The molecule has 0 spiro atoms. The number of rotatable bonds is 7. The van der Waals surface area contributed by atoms with Gasteiger partial charge in [-0.1, -0.05) is 12.1 Å². The predicted octanol–water partition coefficient (Wildman–Crippen LogP) is 2.25. The van der Waals surface area contributed by atoms with Crippen molar-refractivity contribution in [2.75, 3.05) is 32.1 Å². The van der Waals surface area contributed by atoms with E-state index in [0.717, 1.165) is 11.3 Å². The van der Waals surface area contributed by atoms with Crippen molar-refractivity contribution in [3.63, 3.8) is 0 Å². The highest BCUT2D eigenvalue weighted by Gasteiger charge is 2.33. The van der Waals surface area contributed by atoms with Crippen LogP contribution < -0.4 is 10.2 Å². The Kier molecular flexibility index (Phi) is 6.82. The second kappa shape index (κ2) is 9.18. The Morgan fingerprint density at radius 3 is 2.37 bits per heavy atom. The van der Waals surface area contributed by atoms with Gasteiger partial charge < -0.3 is 14.8 Å². The van der Waals surface area contributed by atoms with Gasteiger partial charge in [0.15, 0.2) is 5.03 Å². The molecule has 0 bridgehead atoms. The third-order valence-corrected chi connectivity index (χ3v) is 7.31. The first-order valence-corrected chi connectivity index (χ1v) is 11.7. The number of imidazole rings is 1. The van der Waals surface area contributed by atoms with E-state index in [4.69, 9.17) is 0 Å². The molecule has 1 N–H and O–H groups in total. The third-order valence-electron chi connectivity index (χ3n) is 5.52. The zero-order valence-corrected chi connectivity index (χ0v) is 18.9. The number of carbonyl (C=O) groups is 1. The molecule has 1 aliphatic rings. The van der Waals surface area contributed by atoms with E-state index in [0.29, 0.717) is 32.5 Å². The molecular weight excluding hydrogens is 402 g/mol. The van der Waals surface area contributed by atoms with Crippen molar-refractivity contribution >= 4 is 21.6 Å². The highest BCUT2D eigenvalue weighted by molar-refractivity contribution is 7.89. The van der Waals surface area contributed by atoms with Crippen LogP contribution >= 0.6 is 0 Å². The van der Waals surface area contributed by atoms with Crippen LogP contribution in [0.2, 0.25) is 0 Å².